The highest BCUT2D eigenvalue weighted by molar-refractivity contribution is 5.99. The van der Waals surface area contributed by atoms with Crippen LogP contribution in [-0.4, -0.2) is 15.9 Å². The molecule has 0 saturated heterocycles. The summed E-state index contributed by atoms with van der Waals surface area (Å²) in [6.45, 7) is 0. The predicted molar refractivity (Wildman–Crippen MR) is 59.9 cm³/mol. The molecule has 0 saturated carbocycles. The molecule has 0 spiro atoms. The predicted octanol–water partition coefficient (Wildman–Crippen LogP) is 2.14. The van der Waals surface area contributed by atoms with Crippen LogP contribution in [0.3, 0.4) is 0 Å². The Morgan fingerprint density at radius 1 is 1.24 bits per heavy atom. The summed E-state index contributed by atoms with van der Waals surface area (Å²) < 4.78 is 12.9. The Morgan fingerprint density at radius 2 is 1.94 bits per heavy atom. The maximum absolute atomic E-state index is 12.9. The van der Waals surface area contributed by atoms with Crippen LogP contribution in [0.15, 0.2) is 48.8 Å². The number of hydrogen-bond acceptors (Lipinski definition) is 3. The molecule has 2 rings (SSSR count). The molecule has 1 atom stereocenters. The summed E-state index contributed by atoms with van der Waals surface area (Å²) in [4.78, 5) is 15.4. The van der Waals surface area contributed by atoms with E-state index >= 15 is 0 Å². The number of halogens is 1. The molecule has 0 aliphatic heterocycles. The second-order valence-electron chi connectivity index (χ2n) is 3.57. The summed E-state index contributed by atoms with van der Waals surface area (Å²) in [5, 5.41) is 9.83. The standard InChI is InChI=1S/C13H10FNO2/c14-11-6-10(7-15-8-11)13(17)12(16)9-4-2-1-3-5-9/h1-8,12,16H. The molecular weight excluding hydrogens is 221 g/mol. The van der Waals surface area contributed by atoms with Crippen LogP contribution in [0.2, 0.25) is 0 Å². The number of nitrogens with zero attached hydrogens (tertiary/aromatic N) is 1. The molecule has 3 nitrogen and oxygen atoms in total. The lowest BCUT2D eigenvalue weighted by molar-refractivity contribution is 0.0746. The van der Waals surface area contributed by atoms with Gasteiger partial charge < -0.3 is 5.11 Å². The van der Waals surface area contributed by atoms with E-state index in [-0.39, 0.29) is 5.56 Å². The van der Waals surface area contributed by atoms with Crippen LogP contribution in [0, 0.1) is 5.82 Å². The van der Waals surface area contributed by atoms with E-state index in [1.807, 2.05) is 0 Å². The highest BCUT2D eigenvalue weighted by Crippen LogP contribution is 2.17. The molecular formula is C13H10FNO2. The van der Waals surface area contributed by atoms with Crippen molar-refractivity contribution in [2.24, 2.45) is 0 Å². The van der Waals surface area contributed by atoms with E-state index in [4.69, 9.17) is 0 Å². The number of aliphatic hydroxyl groups excluding tert-OH is 1. The first-order valence-corrected chi connectivity index (χ1v) is 5.06. The van der Waals surface area contributed by atoms with Gasteiger partial charge in [-0.3, -0.25) is 9.78 Å². The fraction of sp³-hybridized carbons (Fsp3) is 0.0769. The van der Waals surface area contributed by atoms with Crippen LogP contribution < -0.4 is 0 Å². The number of aliphatic hydroxyl groups is 1. The number of pyridine rings is 1. The molecule has 0 radical (unpaired) electrons. The van der Waals surface area contributed by atoms with Crippen LogP contribution in [0.1, 0.15) is 22.0 Å². The van der Waals surface area contributed by atoms with Gasteiger partial charge in [-0.25, -0.2) is 4.39 Å². The average molecular weight is 231 g/mol. The Morgan fingerprint density at radius 3 is 2.59 bits per heavy atom. The number of rotatable bonds is 3. The minimum absolute atomic E-state index is 0.0568. The number of Topliss-reactive ketones (excluding diaryl/α,β-unsaturated/α-hetero) is 1. The fourth-order valence-electron chi connectivity index (χ4n) is 1.49. The highest BCUT2D eigenvalue weighted by atomic mass is 19.1. The summed E-state index contributed by atoms with van der Waals surface area (Å²) in [6.07, 6.45) is 0.947. The molecule has 1 aromatic heterocycles. The molecule has 0 amide bonds. The highest BCUT2D eigenvalue weighted by Gasteiger charge is 2.19. The molecule has 4 heteroatoms. The van der Waals surface area contributed by atoms with Crippen molar-refractivity contribution in [2.75, 3.05) is 0 Å². The van der Waals surface area contributed by atoms with E-state index in [0.29, 0.717) is 5.56 Å². The monoisotopic (exact) mass is 231 g/mol. The quantitative estimate of drug-likeness (QED) is 0.823. The Balaban J connectivity index is 2.27. The van der Waals surface area contributed by atoms with Crippen molar-refractivity contribution in [3.8, 4) is 0 Å². The third-order valence-corrected chi connectivity index (χ3v) is 2.35. The summed E-state index contributed by atoms with van der Waals surface area (Å²) >= 11 is 0. The Bertz CT molecular complexity index is 528. The van der Waals surface area contributed by atoms with Gasteiger partial charge in [-0.05, 0) is 11.6 Å². The maximum atomic E-state index is 12.9. The largest absolute Gasteiger partial charge is 0.380 e. The molecule has 17 heavy (non-hydrogen) atoms. The zero-order valence-corrected chi connectivity index (χ0v) is 8.88. The van der Waals surface area contributed by atoms with Crippen molar-refractivity contribution in [3.05, 3.63) is 65.7 Å². The second-order valence-corrected chi connectivity index (χ2v) is 3.57. The smallest absolute Gasteiger partial charge is 0.197 e. The average Bonchev–Trinajstić information content (AvgIpc) is 2.38. The van der Waals surface area contributed by atoms with Crippen LogP contribution >= 0.6 is 0 Å². The third kappa shape index (κ3) is 2.54. The lowest BCUT2D eigenvalue weighted by Crippen LogP contribution is -2.12. The van der Waals surface area contributed by atoms with E-state index in [1.54, 1.807) is 30.3 Å². The van der Waals surface area contributed by atoms with Crippen molar-refractivity contribution in [1.29, 1.82) is 0 Å². The molecule has 86 valence electrons. The van der Waals surface area contributed by atoms with E-state index in [0.717, 1.165) is 12.3 Å². The molecule has 0 fully saturated rings. The number of carbonyl (C=O) groups excluding carboxylic acids is 1. The third-order valence-electron chi connectivity index (χ3n) is 2.35. The Kier molecular flexibility index (Phi) is 3.25. The van der Waals surface area contributed by atoms with Crippen LogP contribution in [-0.2, 0) is 0 Å². The van der Waals surface area contributed by atoms with Gasteiger partial charge in [0.15, 0.2) is 5.78 Å². The number of carbonyl (C=O) groups is 1. The normalized spacial score (nSPS) is 12.1. The summed E-state index contributed by atoms with van der Waals surface area (Å²) in [5.74, 6) is -1.17. The van der Waals surface area contributed by atoms with Crippen molar-refractivity contribution in [2.45, 2.75) is 6.10 Å². The summed E-state index contributed by atoms with van der Waals surface area (Å²) in [7, 11) is 0. The lowest BCUT2D eigenvalue weighted by Gasteiger charge is -2.09. The van der Waals surface area contributed by atoms with Gasteiger partial charge in [-0.15, -0.1) is 0 Å². The fourth-order valence-corrected chi connectivity index (χ4v) is 1.49. The first-order valence-electron chi connectivity index (χ1n) is 5.06. The zero-order valence-electron chi connectivity index (χ0n) is 8.88. The first-order chi connectivity index (χ1) is 8.18. The van der Waals surface area contributed by atoms with Crippen LogP contribution in [0.25, 0.3) is 0 Å². The van der Waals surface area contributed by atoms with Gasteiger partial charge in [-0.2, -0.15) is 0 Å². The number of benzene rings is 1. The van der Waals surface area contributed by atoms with Gasteiger partial charge in [-0.1, -0.05) is 30.3 Å². The number of aromatic nitrogens is 1. The van der Waals surface area contributed by atoms with Gasteiger partial charge in [0.1, 0.15) is 11.9 Å². The van der Waals surface area contributed by atoms with Gasteiger partial charge in [0.25, 0.3) is 0 Å². The van der Waals surface area contributed by atoms with E-state index in [9.17, 15) is 14.3 Å². The second kappa shape index (κ2) is 4.84. The molecule has 1 N–H and O–H groups in total. The molecule has 1 unspecified atom stereocenters. The number of hydrogen-bond donors (Lipinski definition) is 1. The molecule has 2 aromatic rings. The molecule has 0 aliphatic rings. The van der Waals surface area contributed by atoms with Crippen molar-refractivity contribution in [3.63, 3.8) is 0 Å². The van der Waals surface area contributed by atoms with Crippen molar-refractivity contribution in [1.82, 2.24) is 4.98 Å². The minimum Gasteiger partial charge on any atom is -0.380 e. The van der Waals surface area contributed by atoms with Gasteiger partial charge in [0.2, 0.25) is 0 Å². The van der Waals surface area contributed by atoms with Crippen molar-refractivity contribution < 1.29 is 14.3 Å². The van der Waals surface area contributed by atoms with Gasteiger partial charge in [0.05, 0.1) is 6.20 Å². The molecule has 0 bridgehead atoms. The molecule has 0 aliphatic carbocycles. The van der Waals surface area contributed by atoms with E-state index in [1.165, 1.54) is 6.20 Å². The minimum atomic E-state index is -1.29. The zero-order chi connectivity index (χ0) is 12.3. The van der Waals surface area contributed by atoms with Crippen LogP contribution in [0.5, 0.6) is 0 Å². The van der Waals surface area contributed by atoms with E-state index in [2.05, 4.69) is 4.98 Å². The summed E-state index contributed by atoms with van der Waals surface area (Å²) in [5.41, 5.74) is 0.531. The SMILES string of the molecule is O=C(c1cncc(F)c1)C(O)c1ccccc1. The number of ketones is 1. The maximum Gasteiger partial charge on any atom is 0.197 e. The van der Waals surface area contributed by atoms with Gasteiger partial charge >= 0.3 is 0 Å². The summed E-state index contributed by atoms with van der Waals surface area (Å²) in [6, 6.07) is 9.54. The topological polar surface area (TPSA) is 50.2 Å². The molecule has 1 heterocycles. The van der Waals surface area contributed by atoms with Crippen molar-refractivity contribution >= 4 is 5.78 Å². The van der Waals surface area contributed by atoms with Crippen LogP contribution in [0.4, 0.5) is 4.39 Å². The van der Waals surface area contributed by atoms with Gasteiger partial charge in [0, 0.05) is 11.8 Å². The Labute approximate surface area is 97.6 Å². The first kappa shape index (κ1) is 11.4. The molecule has 1 aromatic carbocycles. The lowest BCUT2D eigenvalue weighted by atomic mass is 10.0. The van der Waals surface area contributed by atoms with E-state index < -0.39 is 17.7 Å². The Hall–Kier alpha value is -2.07.